The van der Waals surface area contributed by atoms with Crippen molar-refractivity contribution in [1.29, 1.82) is 0 Å². The molecule has 0 saturated heterocycles. The van der Waals surface area contributed by atoms with E-state index in [1.807, 2.05) is 0 Å². The fourth-order valence-electron chi connectivity index (χ4n) is 2.56. The van der Waals surface area contributed by atoms with Crippen molar-refractivity contribution in [3.05, 3.63) is 58.7 Å². The summed E-state index contributed by atoms with van der Waals surface area (Å²) in [5.74, 6) is -0.0121. The number of benzene rings is 2. The lowest BCUT2D eigenvalue weighted by atomic mass is 10.1. The largest absolute Gasteiger partial charge is 0.496 e. The first kappa shape index (κ1) is 18.5. The second-order valence-electron chi connectivity index (χ2n) is 5.48. The smallest absolute Gasteiger partial charge is 0.339 e. The average Bonchev–Trinajstić information content (AvgIpc) is 2.66. The number of halogens is 1. The van der Waals surface area contributed by atoms with Crippen LogP contribution >= 0.6 is 11.6 Å². The molecule has 1 heterocycles. The standard InChI is InChI=1S/C19H15ClN2O5/c1-25-17-9-15-12(8-13(17)18(21)23)16(5-6-22-15)27-10-3-4-11(14(20)7-10)19(24)26-2/h3-9H,1-2H3,(H2,21,23). The van der Waals surface area contributed by atoms with E-state index in [0.29, 0.717) is 28.2 Å². The van der Waals surface area contributed by atoms with Crippen molar-refractivity contribution in [3.63, 3.8) is 0 Å². The van der Waals surface area contributed by atoms with Crippen LogP contribution in [0, 0.1) is 0 Å². The minimum Gasteiger partial charge on any atom is -0.496 e. The predicted octanol–water partition coefficient (Wildman–Crippen LogP) is 3.57. The Bertz CT molecular complexity index is 1050. The molecule has 0 bridgehead atoms. The molecule has 1 aromatic heterocycles. The lowest BCUT2D eigenvalue weighted by molar-refractivity contribution is 0.0600. The molecule has 0 unspecified atom stereocenters. The van der Waals surface area contributed by atoms with Crippen molar-refractivity contribution in [2.45, 2.75) is 0 Å². The number of primary amides is 1. The van der Waals surface area contributed by atoms with Crippen LogP contribution < -0.4 is 15.2 Å². The number of rotatable bonds is 5. The van der Waals surface area contributed by atoms with Crippen LogP contribution in [0.15, 0.2) is 42.6 Å². The molecule has 0 aliphatic carbocycles. The molecule has 138 valence electrons. The number of methoxy groups -OCH3 is 2. The van der Waals surface area contributed by atoms with Gasteiger partial charge in [0.15, 0.2) is 0 Å². The topological polar surface area (TPSA) is 101 Å². The zero-order chi connectivity index (χ0) is 19.6. The maximum Gasteiger partial charge on any atom is 0.339 e. The van der Waals surface area contributed by atoms with Gasteiger partial charge in [-0.1, -0.05) is 11.6 Å². The SMILES string of the molecule is COC(=O)c1ccc(Oc2ccnc3cc(OC)c(C(N)=O)cc23)cc1Cl. The Morgan fingerprint density at radius 1 is 1.04 bits per heavy atom. The van der Waals surface area contributed by atoms with E-state index in [1.54, 1.807) is 30.5 Å². The number of ether oxygens (including phenoxy) is 3. The molecule has 0 saturated carbocycles. The van der Waals surface area contributed by atoms with Gasteiger partial charge in [0.1, 0.15) is 17.2 Å². The third-order valence-corrected chi connectivity index (χ3v) is 4.17. The van der Waals surface area contributed by atoms with Crippen LogP contribution in [0.4, 0.5) is 0 Å². The number of hydrogen-bond donors (Lipinski definition) is 1. The second-order valence-corrected chi connectivity index (χ2v) is 5.89. The second kappa shape index (κ2) is 7.51. The molecule has 0 radical (unpaired) electrons. The maximum atomic E-state index is 11.7. The highest BCUT2D eigenvalue weighted by Gasteiger charge is 2.15. The Kier molecular flexibility index (Phi) is 5.14. The Morgan fingerprint density at radius 3 is 2.44 bits per heavy atom. The highest BCUT2D eigenvalue weighted by Crippen LogP contribution is 2.34. The van der Waals surface area contributed by atoms with Gasteiger partial charge in [0.25, 0.3) is 5.91 Å². The summed E-state index contributed by atoms with van der Waals surface area (Å²) in [6.07, 6.45) is 1.56. The summed E-state index contributed by atoms with van der Waals surface area (Å²) in [5, 5.41) is 0.762. The molecule has 0 fully saturated rings. The van der Waals surface area contributed by atoms with Gasteiger partial charge in [-0.15, -0.1) is 0 Å². The molecule has 0 aliphatic rings. The molecule has 0 aliphatic heterocycles. The summed E-state index contributed by atoms with van der Waals surface area (Å²) in [5.41, 5.74) is 6.42. The van der Waals surface area contributed by atoms with E-state index in [0.717, 1.165) is 0 Å². The van der Waals surface area contributed by atoms with Crippen molar-refractivity contribution < 1.29 is 23.8 Å². The number of carbonyl (C=O) groups is 2. The van der Waals surface area contributed by atoms with E-state index in [2.05, 4.69) is 9.72 Å². The summed E-state index contributed by atoms with van der Waals surface area (Å²) in [6.45, 7) is 0. The third-order valence-electron chi connectivity index (χ3n) is 3.86. The van der Waals surface area contributed by atoms with Crippen LogP contribution in [0.1, 0.15) is 20.7 Å². The molecule has 0 spiro atoms. The molecular formula is C19H15ClN2O5. The van der Waals surface area contributed by atoms with Crippen LogP contribution in [-0.2, 0) is 4.74 Å². The molecule has 7 nitrogen and oxygen atoms in total. The van der Waals surface area contributed by atoms with E-state index in [4.69, 9.17) is 26.8 Å². The minimum atomic E-state index is -0.631. The summed E-state index contributed by atoms with van der Waals surface area (Å²) in [7, 11) is 2.72. The highest BCUT2D eigenvalue weighted by atomic mass is 35.5. The van der Waals surface area contributed by atoms with Crippen LogP contribution in [0.5, 0.6) is 17.2 Å². The Labute approximate surface area is 159 Å². The van der Waals surface area contributed by atoms with Crippen molar-refractivity contribution >= 4 is 34.4 Å². The van der Waals surface area contributed by atoms with Crippen molar-refractivity contribution in [1.82, 2.24) is 4.98 Å². The Morgan fingerprint density at radius 2 is 1.81 bits per heavy atom. The average molecular weight is 387 g/mol. The minimum absolute atomic E-state index is 0.192. The van der Waals surface area contributed by atoms with E-state index >= 15 is 0 Å². The number of aromatic nitrogens is 1. The van der Waals surface area contributed by atoms with Gasteiger partial charge in [0, 0.05) is 23.7 Å². The molecule has 1 amide bonds. The Balaban J connectivity index is 2.05. The van der Waals surface area contributed by atoms with E-state index in [-0.39, 0.29) is 16.1 Å². The van der Waals surface area contributed by atoms with Gasteiger partial charge in [0.2, 0.25) is 0 Å². The zero-order valence-electron chi connectivity index (χ0n) is 14.5. The van der Waals surface area contributed by atoms with Gasteiger partial charge in [0.05, 0.1) is 35.9 Å². The van der Waals surface area contributed by atoms with Gasteiger partial charge < -0.3 is 19.9 Å². The third kappa shape index (κ3) is 3.63. The highest BCUT2D eigenvalue weighted by molar-refractivity contribution is 6.33. The van der Waals surface area contributed by atoms with Crippen molar-refractivity contribution in [3.8, 4) is 17.2 Å². The lowest BCUT2D eigenvalue weighted by Crippen LogP contribution is -2.12. The maximum absolute atomic E-state index is 11.7. The van der Waals surface area contributed by atoms with E-state index < -0.39 is 11.9 Å². The van der Waals surface area contributed by atoms with Gasteiger partial charge in [-0.25, -0.2) is 4.79 Å². The number of pyridine rings is 1. The zero-order valence-corrected chi connectivity index (χ0v) is 15.2. The summed E-state index contributed by atoms with van der Waals surface area (Å²) >= 11 is 6.12. The number of nitrogens with zero attached hydrogens (tertiary/aromatic N) is 1. The van der Waals surface area contributed by atoms with Gasteiger partial charge in [-0.3, -0.25) is 9.78 Å². The van der Waals surface area contributed by atoms with Crippen molar-refractivity contribution in [2.75, 3.05) is 14.2 Å². The van der Waals surface area contributed by atoms with Gasteiger partial charge in [-0.05, 0) is 24.3 Å². The number of carbonyl (C=O) groups excluding carboxylic acids is 2. The lowest BCUT2D eigenvalue weighted by Gasteiger charge is -2.12. The number of amides is 1. The number of fused-ring (bicyclic) bond motifs is 1. The monoisotopic (exact) mass is 386 g/mol. The first-order valence-corrected chi connectivity index (χ1v) is 8.14. The predicted molar refractivity (Wildman–Crippen MR) is 99.7 cm³/mol. The van der Waals surface area contributed by atoms with Gasteiger partial charge in [-0.2, -0.15) is 0 Å². The first-order chi connectivity index (χ1) is 12.9. The number of nitrogens with two attached hydrogens (primary N) is 1. The molecule has 8 heteroatoms. The quantitative estimate of drug-likeness (QED) is 0.672. The summed E-state index contributed by atoms with van der Waals surface area (Å²) in [6, 6.07) is 9.40. The molecular weight excluding hydrogens is 372 g/mol. The van der Waals surface area contributed by atoms with E-state index in [9.17, 15) is 9.59 Å². The number of hydrogen-bond acceptors (Lipinski definition) is 6. The van der Waals surface area contributed by atoms with Crippen LogP contribution in [0.25, 0.3) is 10.9 Å². The van der Waals surface area contributed by atoms with Crippen LogP contribution in [0.3, 0.4) is 0 Å². The van der Waals surface area contributed by atoms with Crippen LogP contribution in [-0.4, -0.2) is 31.1 Å². The van der Waals surface area contributed by atoms with E-state index in [1.165, 1.54) is 26.4 Å². The molecule has 27 heavy (non-hydrogen) atoms. The normalized spacial score (nSPS) is 10.5. The molecule has 3 aromatic rings. The summed E-state index contributed by atoms with van der Waals surface area (Å²) < 4.78 is 15.7. The fourth-order valence-corrected chi connectivity index (χ4v) is 2.81. The number of esters is 1. The van der Waals surface area contributed by atoms with Crippen LogP contribution in [0.2, 0.25) is 5.02 Å². The first-order valence-electron chi connectivity index (χ1n) is 7.77. The van der Waals surface area contributed by atoms with Gasteiger partial charge >= 0.3 is 5.97 Å². The molecule has 2 N–H and O–H groups in total. The molecule has 0 atom stereocenters. The fraction of sp³-hybridized carbons (Fsp3) is 0.105. The Hall–Kier alpha value is -3.32. The summed E-state index contributed by atoms with van der Waals surface area (Å²) in [4.78, 5) is 27.6. The molecule has 3 rings (SSSR count). The molecule has 2 aromatic carbocycles. The van der Waals surface area contributed by atoms with Crippen molar-refractivity contribution in [2.24, 2.45) is 5.73 Å².